The SMILES string of the molecule is CC(=O)c1ccc([N+](=O)[O-])cc1F. The van der Waals surface area contributed by atoms with Gasteiger partial charge in [0.05, 0.1) is 16.6 Å². The summed E-state index contributed by atoms with van der Waals surface area (Å²) in [5.41, 5.74) is -0.492. The van der Waals surface area contributed by atoms with E-state index in [-0.39, 0.29) is 11.3 Å². The number of rotatable bonds is 2. The molecule has 0 atom stereocenters. The lowest BCUT2D eigenvalue weighted by Crippen LogP contribution is -1.98. The molecule has 0 fully saturated rings. The summed E-state index contributed by atoms with van der Waals surface area (Å²) in [6, 6.07) is 2.94. The van der Waals surface area contributed by atoms with Crippen LogP contribution in [-0.4, -0.2) is 10.7 Å². The maximum Gasteiger partial charge on any atom is 0.272 e. The number of nitro groups is 1. The number of carbonyl (C=O) groups excluding carboxylic acids is 1. The van der Waals surface area contributed by atoms with Crippen molar-refractivity contribution >= 4 is 11.5 Å². The molecule has 1 rings (SSSR count). The van der Waals surface area contributed by atoms with Crippen molar-refractivity contribution in [3.8, 4) is 0 Å². The van der Waals surface area contributed by atoms with E-state index in [0.717, 1.165) is 18.2 Å². The Morgan fingerprint density at radius 1 is 1.54 bits per heavy atom. The van der Waals surface area contributed by atoms with E-state index in [1.54, 1.807) is 0 Å². The number of hydrogen-bond donors (Lipinski definition) is 0. The first-order valence-corrected chi connectivity index (χ1v) is 3.47. The highest BCUT2D eigenvalue weighted by atomic mass is 19.1. The molecule has 0 N–H and O–H groups in total. The zero-order valence-electron chi connectivity index (χ0n) is 6.78. The first-order valence-electron chi connectivity index (χ1n) is 3.47. The molecule has 5 heteroatoms. The summed E-state index contributed by atoms with van der Waals surface area (Å²) >= 11 is 0. The fourth-order valence-corrected chi connectivity index (χ4v) is 0.903. The number of nitrogens with zero attached hydrogens (tertiary/aromatic N) is 1. The van der Waals surface area contributed by atoms with Crippen LogP contribution in [-0.2, 0) is 0 Å². The van der Waals surface area contributed by atoms with E-state index in [1.807, 2.05) is 0 Å². The first-order chi connectivity index (χ1) is 6.02. The Labute approximate surface area is 73.1 Å². The second-order valence-electron chi connectivity index (χ2n) is 2.48. The van der Waals surface area contributed by atoms with E-state index >= 15 is 0 Å². The third-order valence-corrected chi connectivity index (χ3v) is 1.54. The normalized spacial score (nSPS) is 9.69. The minimum absolute atomic E-state index is 0.134. The lowest BCUT2D eigenvalue weighted by atomic mass is 10.1. The molecule has 0 heterocycles. The van der Waals surface area contributed by atoms with Gasteiger partial charge in [-0.25, -0.2) is 4.39 Å². The molecule has 0 bridgehead atoms. The Bertz CT molecular complexity index is 376. The van der Waals surface area contributed by atoms with Crippen molar-refractivity contribution in [3.63, 3.8) is 0 Å². The first kappa shape index (κ1) is 9.31. The molecule has 1 aromatic rings. The standard InChI is InChI=1S/C8H6FNO3/c1-5(11)7-3-2-6(10(12)13)4-8(7)9/h2-4H,1H3. The molecule has 13 heavy (non-hydrogen) atoms. The lowest BCUT2D eigenvalue weighted by Gasteiger charge is -1.96. The third-order valence-electron chi connectivity index (χ3n) is 1.54. The predicted octanol–water partition coefficient (Wildman–Crippen LogP) is 1.94. The smallest absolute Gasteiger partial charge is 0.272 e. The van der Waals surface area contributed by atoms with E-state index in [1.165, 1.54) is 6.92 Å². The van der Waals surface area contributed by atoms with Crippen LogP contribution in [0.3, 0.4) is 0 Å². The average molecular weight is 183 g/mol. The van der Waals surface area contributed by atoms with Gasteiger partial charge >= 0.3 is 0 Å². The summed E-state index contributed by atoms with van der Waals surface area (Å²) in [7, 11) is 0. The third kappa shape index (κ3) is 1.87. The summed E-state index contributed by atoms with van der Waals surface area (Å²) in [5, 5.41) is 10.2. The molecule has 0 spiro atoms. The molecule has 4 nitrogen and oxygen atoms in total. The van der Waals surface area contributed by atoms with Gasteiger partial charge in [-0.15, -0.1) is 0 Å². The maximum atomic E-state index is 12.9. The van der Waals surface area contributed by atoms with Crippen LogP contribution in [0.5, 0.6) is 0 Å². The van der Waals surface area contributed by atoms with Gasteiger partial charge in [-0.3, -0.25) is 14.9 Å². The van der Waals surface area contributed by atoms with Gasteiger partial charge in [0, 0.05) is 6.07 Å². The summed E-state index contributed by atoms with van der Waals surface area (Å²) in [6.45, 7) is 1.20. The monoisotopic (exact) mass is 183 g/mol. The van der Waals surface area contributed by atoms with Gasteiger partial charge in [0.2, 0.25) is 0 Å². The second-order valence-corrected chi connectivity index (χ2v) is 2.48. The summed E-state index contributed by atoms with van der Waals surface area (Å²) in [4.78, 5) is 20.2. The topological polar surface area (TPSA) is 60.2 Å². The highest BCUT2D eigenvalue weighted by molar-refractivity contribution is 5.94. The number of halogens is 1. The zero-order valence-corrected chi connectivity index (χ0v) is 6.78. The average Bonchev–Trinajstić information content (AvgIpc) is 2.03. The molecule has 0 saturated heterocycles. The van der Waals surface area contributed by atoms with Gasteiger partial charge in [0.15, 0.2) is 5.78 Å². The molecule has 0 saturated carbocycles. The van der Waals surface area contributed by atoms with Crippen molar-refractivity contribution in [3.05, 3.63) is 39.7 Å². The molecule has 0 aliphatic heterocycles. The van der Waals surface area contributed by atoms with E-state index in [0.29, 0.717) is 0 Å². The van der Waals surface area contributed by atoms with E-state index in [4.69, 9.17) is 0 Å². The number of nitro benzene ring substituents is 1. The van der Waals surface area contributed by atoms with Crippen molar-refractivity contribution in [1.82, 2.24) is 0 Å². The van der Waals surface area contributed by atoms with Crippen LogP contribution in [0.2, 0.25) is 0 Å². The number of carbonyl (C=O) groups is 1. The molecular formula is C8H6FNO3. The van der Waals surface area contributed by atoms with Crippen LogP contribution in [0.4, 0.5) is 10.1 Å². The van der Waals surface area contributed by atoms with Crippen LogP contribution >= 0.6 is 0 Å². The molecule has 0 radical (unpaired) electrons. The maximum absolute atomic E-state index is 12.9. The number of ketones is 1. The van der Waals surface area contributed by atoms with E-state index in [9.17, 15) is 19.3 Å². The number of hydrogen-bond acceptors (Lipinski definition) is 3. The Kier molecular flexibility index (Phi) is 2.36. The van der Waals surface area contributed by atoms with E-state index < -0.39 is 16.5 Å². The molecule has 68 valence electrons. The van der Waals surface area contributed by atoms with Crippen LogP contribution < -0.4 is 0 Å². The van der Waals surface area contributed by atoms with Crippen LogP contribution in [0, 0.1) is 15.9 Å². The molecular weight excluding hydrogens is 177 g/mol. The van der Waals surface area contributed by atoms with Crippen LogP contribution in [0.15, 0.2) is 18.2 Å². The molecule has 0 aromatic heterocycles. The Hall–Kier alpha value is -1.78. The van der Waals surface area contributed by atoms with Crippen molar-refractivity contribution in [2.24, 2.45) is 0 Å². The van der Waals surface area contributed by atoms with Crippen molar-refractivity contribution in [2.75, 3.05) is 0 Å². The minimum atomic E-state index is -0.860. The highest BCUT2D eigenvalue weighted by Gasteiger charge is 2.12. The molecule has 1 aromatic carbocycles. The Balaban J connectivity index is 3.20. The molecule has 0 amide bonds. The van der Waals surface area contributed by atoms with Gasteiger partial charge < -0.3 is 0 Å². The van der Waals surface area contributed by atoms with E-state index in [2.05, 4.69) is 0 Å². The summed E-state index contributed by atoms with van der Waals surface area (Å²) in [5.74, 6) is -1.31. The van der Waals surface area contributed by atoms with Crippen molar-refractivity contribution in [2.45, 2.75) is 6.92 Å². The molecule has 0 aliphatic rings. The fourth-order valence-electron chi connectivity index (χ4n) is 0.903. The largest absolute Gasteiger partial charge is 0.294 e. The van der Waals surface area contributed by atoms with Gasteiger partial charge in [-0.1, -0.05) is 0 Å². The zero-order chi connectivity index (χ0) is 10.0. The van der Waals surface area contributed by atoms with Gasteiger partial charge in [0.1, 0.15) is 5.82 Å². The Morgan fingerprint density at radius 2 is 2.15 bits per heavy atom. The highest BCUT2D eigenvalue weighted by Crippen LogP contribution is 2.16. The summed E-state index contributed by atoms with van der Waals surface area (Å²) < 4.78 is 12.9. The van der Waals surface area contributed by atoms with Crippen LogP contribution in [0.1, 0.15) is 17.3 Å². The summed E-state index contributed by atoms with van der Waals surface area (Å²) in [6.07, 6.45) is 0. The van der Waals surface area contributed by atoms with Gasteiger partial charge in [-0.05, 0) is 13.0 Å². The minimum Gasteiger partial charge on any atom is -0.294 e. The predicted molar refractivity (Wildman–Crippen MR) is 43.1 cm³/mol. The number of benzene rings is 1. The van der Waals surface area contributed by atoms with Gasteiger partial charge in [0.25, 0.3) is 5.69 Å². The number of non-ortho nitro benzene ring substituents is 1. The molecule has 0 aliphatic carbocycles. The fraction of sp³-hybridized carbons (Fsp3) is 0.125. The van der Waals surface area contributed by atoms with Crippen LogP contribution in [0.25, 0.3) is 0 Å². The van der Waals surface area contributed by atoms with Crippen molar-refractivity contribution < 1.29 is 14.1 Å². The Morgan fingerprint density at radius 3 is 2.54 bits per heavy atom. The van der Waals surface area contributed by atoms with Gasteiger partial charge in [-0.2, -0.15) is 0 Å². The molecule has 0 unspecified atom stereocenters. The number of Topliss-reactive ketones (excluding diaryl/α,β-unsaturated/α-hetero) is 1. The second kappa shape index (κ2) is 3.30. The lowest BCUT2D eigenvalue weighted by molar-refractivity contribution is -0.385. The van der Waals surface area contributed by atoms with Crippen molar-refractivity contribution in [1.29, 1.82) is 0 Å². The quantitative estimate of drug-likeness (QED) is 0.400.